The number of hydrogen-bond donors (Lipinski definition) is 1. The Balaban J connectivity index is 2.33. The molecule has 1 aromatic rings. The average Bonchev–Trinajstić information content (AvgIpc) is 2.59. The average molecular weight is 238 g/mol. The smallest absolute Gasteiger partial charge is 0.167 e. The lowest BCUT2D eigenvalue weighted by molar-refractivity contribution is 0.387. The summed E-state index contributed by atoms with van der Waals surface area (Å²) in [6.07, 6.45) is 0. The molecular weight excluding hydrogens is 219 g/mol. The van der Waals surface area contributed by atoms with Crippen molar-refractivity contribution in [3.63, 3.8) is 0 Å². The summed E-state index contributed by atoms with van der Waals surface area (Å²) in [5, 5.41) is 0. The van der Waals surface area contributed by atoms with Gasteiger partial charge in [0.15, 0.2) is 11.6 Å². The molecule has 1 aliphatic heterocycles. The van der Waals surface area contributed by atoms with Gasteiger partial charge in [0.25, 0.3) is 0 Å². The first-order valence-electron chi connectivity index (χ1n) is 5.91. The van der Waals surface area contributed by atoms with Gasteiger partial charge >= 0.3 is 0 Å². The summed E-state index contributed by atoms with van der Waals surface area (Å²) in [7, 11) is 1.47. The van der Waals surface area contributed by atoms with Crippen LogP contribution in [0.5, 0.6) is 5.75 Å². The highest BCUT2D eigenvalue weighted by atomic mass is 19.1. The van der Waals surface area contributed by atoms with Crippen molar-refractivity contribution in [3.05, 3.63) is 17.9 Å². The predicted molar refractivity (Wildman–Crippen MR) is 67.9 cm³/mol. The minimum atomic E-state index is -0.408. The van der Waals surface area contributed by atoms with Gasteiger partial charge in [-0.3, -0.25) is 0 Å². The second-order valence-corrected chi connectivity index (χ2v) is 4.91. The van der Waals surface area contributed by atoms with E-state index in [1.165, 1.54) is 13.2 Å². The lowest BCUT2D eigenvalue weighted by Gasteiger charge is -2.21. The fourth-order valence-corrected chi connectivity index (χ4v) is 2.31. The van der Waals surface area contributed by atoms with Crippen LogP contribution in [0.25, 0.3) is 0 Å². The second kappa shape index (κ2) is 4.43. The Labute approximate surface area is 101 Å². The molecule has 0 saturated carbocycles. The molecule has 2 atom stereocenters. The van der Waals surface area contributed by atoms with E-state index in [1.54, 1.807) is 6.07 Å². The molecule has 0 spiro atoms. The molecule has 0 aromatic heterocycles. The third-order valence-electron chi connectivity index (χ3n) is 3.63. The van der Waals surface area contributed by atoms with Gasteiger partial charge in [0, 0.05) is 25.2 Å². The van der Waals surface area contributed by atoms with Crippen LogP contribution in [0.1, 0.15) is 13.8 Å². The van der Waals surface area contributed by atoms with Gasteiger partial charge in [-0.15, -0.1) is 0 Å². The van der Waals surface area contributed by atoms with Crippen molar-refractivity contribution in [3.8, 4) is 5.75 Å². The van der Waals surface area contributed by atoms with Crippen LogP contribution < -0.4 is 15.4 Å². The first-order chi connectivity index (χ1) is 8.02. The largest absolute Gasteiger partial charge is 0.494 e. The van der Waals surface area contributed by atoms with E-state index in [-0.39, 0.29) is 5.75 Å². The molecule has 1 aliphatic rings. The van der Waals surface area contributed by atoms with E-state index < -0.39 is 5.82 Å². The first-order valence-corrected chi connectivity index (χ1v) is 5.91. The topological polar surface area (TPSA) is 38.5 Å². The fraction of sp³-hybridized carbons (Fsp3) is 0.538. The molecule has 0 amide bonds. The summed E-state index contributed by atoms with van der Waals surface area (Å²) in [4.78, 5) is 2.20. The highest BCUT2D eigenvalue weighted by Crippen LogP contribution is 2.35. The molecule has 1 aromatic carbocycles. The van der Waals surface area contributed by atoms with Crippen molar-refractivity contribution >= 4 is 11.4 Å². The van der Waals surface area contributed by atoms with Gasteiger partial charge in [-0.05, 0) is 11.8 Å². The van der Waals surface area contributed by atoms with Crippen molar-refractivity contribution in [2.75, 3.05) is 30.8 Å². The third kappa shape index (κ3) is 2.16. The van der Waals surface area contributed by atoms with Crippen molar-refractivity contribution in [1.82, 2.24) is 0 Å². The number of hydrogen-bond acceptors (Lipinski definition) is 3. The number of halogens is 1. The molecule has 1 saturated heterocycles. The molecular formula is C13H19FN2O. The van der Waals surface area contributed by atoms with E-state index in [0.29, 0.717) is 17.5 Å². The van der Waals surface area contributed by atoms with E-state index in [2.05, 4.69) is 18.7 Å². The van der Waals surface area contributed by atoms with Crippen molar-refractivity contribution in [1.29, 1.82) is 0 Å². The van der Waals surface area contributed by atoms with Crippen LogP contribution in [0.2, 0.25) is 0 Å². The zero-order valence-electron chi connectivity index (χ0n) is 10.5. The van der Waals surface area contributed by atoms with Crippen molar-refractivity contribution in [2.45, 2.75) is 13.8 Å². The summed E-state index contributed by atoms with van der Waals surface area (Å²) in [5.74, 6) is 1.10. The maximum absolute atomic E-state index is 13.4. The molecule has 1 heterocycles. The number of methoxy groups -OCH3 is 1. The standard InChI is InChI=1S/C13H19FN2O/c1-8-6-16(7-9(8)2)12-5-13(17-3)10(14)4-11(12)15/h4-5,8-9H,6-7,15H2,1-3H3. The molecule has 3 nitrogen and oxygen atoms in total. The molecule has 2 rings (SSSR count). The summed E-state index contributed by atoms with van der Waals surface area (Å²) in [5.41, 5.74) is 7.23. The van der Waals surface area contributed by atoms with Crippen LogP contribution >= 0.6 is 0 Å². The highest BCUT2D eigenvalue weighted by molar-refractivity contribution is 5.70. The van der Waals surface area contributed by atoms with Crippen LogP contribution in [0.3, 0.4) is 0 Å². The van der Waals surface area contributed by atoms with Gasteiger partial charge in [-0.25, -0.2) is 4.39 Å². The number of anilines is 2. The van der Waals surface area contributed by atoms with Crippen LogP contribution in [0.4, 0.5) is 15.8 Å². The molecule has 0 radical (unpaired) electrons. The lowest BCUT2D eigenvalue weighted by atomic mass is 10.0. The minimum absolute atomic E-state index is 0.251. The van der Waals surface area contributed by atoms with Gasteiger partial charge in [0.05, 0.1) is 18.5 Å². The monoisotopic (exact) mass is 238 g/mol. The molecule has 1 fully saturated rings. The van der Waals surface area contributed by atoms with E-state index in [1.807, 2.05) is 0 Å². The Hall–Kier alpha value is -1.45. The highest BCUT2D eigenvalue weighted by Gasteiger charge is 2.27. The van der Waals surface area contributed by atoms with Gasteiger partial charge in [0.1, 0.15) is 0 Å². The van der Waals surface area contributed by atoms with E-state index in [4.69, 9.17) is 10.5 Å². The normalized spacial score (nSPS) is 24.1. The maximum Gasteiger partial charge on any atom is 0.167 e. The minimum Gasteiger partial charge on any atom is -0.494 e. The van der Waals surface area contributed by atoms with Crippen LogP contribution in [-0.4, -0.2) is 20.2 Å². The van der Waals surface area contributed by atoms with Gasteiger partial charge in [-0.1, -0.05) is 13.8 Å². The Morgan fingerprint density at radius 2 is 1.88 bits per heavy atom. The SMILES string of the molecule is COc1cc(N2CC(C)C(C)C2)c(N)cc1F. The second-order valence-electron chi connectivity index (χ2n) is 4.91. The molecule has 0 bridgehead atoms. The zero-order chi connectivity index (χ0) is 12.6. The van der Waals surface area contributed by atoms with Crippen LogP contribution in [0.15, 0.2) is 12.1 Å². The van der Waals surface area contributed by atoms with Gasteiger partial charge in [-0.2, -0.15) is 0 Å². The van der Waals surface area contributed by atoms with E-state index in [0.717, 1.165) is 18.8 Å². The van der Waals surface area contributed by atoms with E-state index in [9.17, 15) is 4.39 Å². The van der Waals surface area contributed by atoms with Crippen molar-refractivity contribution < 1.29 is 9.13 Å². The van der Waals surface area contributed by atoms with Crippen LogP contribution in [0, 0.1) is 17.7 Å². The van der Waals surface area contributed by atoms with Crippen molar-refractivity contribution in [2.24, 2.45) is 11.8 Å². The van der Waals surface area contributed by atoms with Gasteiger partial charge in [0.2, 0.25) is 0 Å². The van der Waals surface area contributed by atoms with Gasteiger partial charge < -0.3 is 15.4 Å². The number of rotatable bonds is 2. The number of benzene rings is 1. The van der Waals surface area contributed by atoms with Crippen LogP contribution in [-0.2, 0) is 0 Å². The first kappa shape index (κ1) is 12.0. The lowest BCUT2D eigenvalue weighted by Crippen LogP contribution is -2.21. The third-order valence-corrected chi connectivity index (χ3v) is 3.63. The number of nitrogens with zero attached hydrogens (tertiary/aromatic N) is 1. The molecule has 94 valence electrons. The summed E-state index contributed by atoms with van der Waals surface area (Å²) in [6, 6.07) is 3.03. The van der Waals surface area contributed by atoms with E-state index >= 15 is 0 Å². The number of nitrogens with two attached hydrogens (primary N) is 1. The summed E-state index contributed by atoms with van der Waals surface area (Å²) >= 11 is 0. The Kier molecular flexibility index (Phi) is 3.13. The molecule has 4 heteroatoms. The molecule has 17 heavy (non-hydrogen) atoms. The Morgan fingerprint density at radius 3 is 2.41 bits per heavy atom. The maximum atomic E-state index is 13.4. The Bertz CT molecular complexity index is 412. The quantitative estimate of drug-likeness (QED) is 0.805. The molecule has 0 aliphatic carbocycles. The number of ether oxygens (including phenoxy) is 1. The molecule has 2 N–H and O–H groups in total. The summed E-state index contributed by atoms with van der Waals surface area (Å²) < 4.78 is 18.4. The zero-order valence-corrected chi connectivity index (χ0v) is 10.5. The Morgan fingerprint density at radius 1 is 1.29 bits per heavy atom. The number of nitrogen functional groups attached to an aromatic ring is 1. The summed E-state index contributed by atoms with van der Waals surface area (Å²) in [6.45, 7) is 6.36. The fourth-order valence-electron chi connectivity index (χ4n) is 2.31. The predicted octanol–water partition coefficient (Wildman–Crippen LogP) is 2.51. The molecule has 2 unspecified atom stereocenters.